The number of likely N-dealkylation sites (tertiary alicyclic amines) is 1. The molecular formula is C17H23NO2. The van der Waals surface area contributed by atoms with Gasteiger partial charge in [0, 0.05) is 24.9 Å². The lowest BCUT2D eigenvalue weighted by Crippen LogP contribution is -2.35. The minimum atomic E-state index is 0.338. The summed E-state index contributed by atoms with van der Waals surface area (Å²) in [6.45, 7) is 1.84. The van der Waals surface area contributed by atoms with E-state index in [4.69, 9.17) is 4.74 Å². The van der Waals surface area contributed by atoms with Crippen LogP contribution in [-0.2, 0) is 4.79 Å². The van der Waals surface area contributed by atoms with Crippen molar-refractivity contribution in [1.29, 1.82) is 0 Å². The Balaban J connectivity index is 1.71. The van der Waals surface area contributed by atoms with Crippen LogP contribution in [0.15, 0.2) is 24.3 Å². The standard InChI is InChI=1S/C17H23NO2/c1-20-16-9-7-13(8-10-16)15-4-2-3-11-18(12-15)17(19)14-5-6-14/h7-10,14-15H,2-6,11-12H2,1H3/t15-/m0/s1. The van der Waals surface area contributed by atoms with Crippen LogP contribution in [0.3, 0.4) is 0 Å². The van der Waals surface area contributed by atoms with Crippen LogP contribution in [0, 0.1) is 5.92 Å². The van der Waals surface area contributed by atoms with Gasteiger partial charge in [-0.1, -0.05) is 18.6 Å². The van der Waals surface area contributed by atoms with E-state index in [0.717, 1.165) is 38.1 Å². The molecule has 0 unspecified atom stereocenters. The summed E-state index contributed by atoms with van der Waals surface area (Å²) in [4.78, 5) is 14.4. The van der Waals surface area contributed by atoms with Gasteiger partial charge in [0.05, 0.1) is 7.11 Å². The highest BCUT2D eigenvalue weighted by Gasteiger charge is 2.34. The van der Waals surface area contributed by atoms with E-state index in [1.165, 1.54) is 18.4 Å². The van der Waals surface area contributed by atoms with E-state index in [1.807, 2.05) is 12.1 Å². The van der Waals surface area contributed by atoms with Gasteiger partial charge in [0.25, 0.3) is 0 Å². The van der Waals surface area contributed by atoms with E-state index in [9.17, 15) is 4.79 Å². The second-order valence-corrected chi connectivity index (χ2v) is 6.02. The second-order valence-electron chi connectivity index (χ2n) is 6.02. The van der Waals surface area contributed by atoms with Crippen molar-refractivity contribution in [3.05, 3.63) is 29.8 Å². The van der Waals surface area contributed by atoms with Crippen LogP contribution in [0.2, 0.25) is 0 Å². The molecule has 1 aliphatic carbocycles. The first kappa shape index (κ1) is 13.5. The van der Waals surface area contributed by atoms with Crippen molar-refractivity contribution in [2.24, 2.45) is 5.92 Å². The fraction of sp³-hybridized carbons (Fsp3) is 0.588. The Morgan fingerprint density at radius 3 is 2.55 bits per heavy atom. The highest BCUT2D eigenvalue weighted by Crippen LogP contribution is 2.34. The first-order valence-electron chi connectivity index (χ1n) is 7.70. The fourth-order valence-electron chi connectivity index (χ4n) is 3.08. The van der Waals surface area contributed by atoms with Crippen LogP contribution in [-0.4, -0.2) is 31.0 Å². The summed E-state index contributed by atoms with van der Waals surface area (Å²) in [6, 6.07) is 8.34. The van der Waals surface area contributed by atoms with Gasteiger partial charge in [0.2, 0.25) is 5.91 Å². The quantitative estimate of drug-likeness (QED) is 0.846. The molecular weight excluding hydrogens is 250 g/mol. The molecule has 1 aromatic rings. The molecule has 0 N–H and O–H groups in total. The Kier molecular flexibility index (Phi) is 3.95. The maximum absolute atomic E-state index is 12.3. The number of rotatable bonds is 3. The van der Waals surface area contributed by atoms with Gasteiger partial charge in [-0.3, -0.25) is 4.79 Å². The van der Waals surface area contributed by atoms with E-state index >= 15 is 0 Å². The van der Waals surface area contributed by atoms with Gasteiger partial charge in [0.15, 0.2) is 0 Å². The fourth-order valence-corrected chi connectivity index (χ4v) is 3.08. The Bertz CT molecular complexity index is 464. The smallest absolute Gasteiger partial charge is 0.225 e. The van der Waals surface area contributed by atoms with Gasteiger partial charge >= 0.3 is 0 Å². The summed E-state index contributed by atoms with van der Waals surface area (Å²) in [5.41, 5.74) is 1.33. The molecule has 1 amide bonds. The zero-order valence-electron chi connectivity index (χ0n) is 12.2. The molecule has 2 fully saturated rings. The summed E-state index contributed by atoms with van der Waals surface area (Å²) in [5, 5.41) is 0. The maximum atomic E-state index is 12.3. The van der Waals surface area contributed by atoms with Crippen molar-refractivity contribution in [2.45, 2.75) is 38.0 Å². The SMILES string of the molecule is COc1ccc([C@H]2CCCCN(C(=O)C3CC3)C2)cc1. The summed E-state index contributed by atoms with van der Waals surface area (Å²) in [6.07, 6.45) is 5.74. The first-order valence-corrected chi connectivity index (χ1v) is 7.70. The molecule has 0 radical (unpaired) electrons. The summed E-state index contributed by atoms with van der Waals surface area (Å²) in [5.74, 6) is 2.11. The molecule has 1 saturated heterocycles. The summed E-state index contributed by atoms with van der Waals surface area (Å²) < 4.78 is 5.22. The van der Waals surface area contributed by atoms with Crippen LogP contribution >= 0.6 is 0 Å². The number of benzene rings is 1. The van der Waals surface area contributed by atoms with Crippen LogP contribution < -0.4 is 4.74 Å². The first-order chi connectivity index (χ1) is 9.78. The highest BCUT2D eigenvalue weighted by molar-refractivity contribution is 5.81. The number of hydrogen-bond acceptors (Lipinski definition) is 2. The predicted molar refractivity (Wildman–Crippen MR) is 78.9 cm³/mol. The average Bonchev–Trinajstić information content (AvgIpc) is 3.33. The third-order valence-electron chi connectivity index (χ3n) is 4.50. The number of ether oxygens (including phenoxy) is 1. The molecule has 1 atom stereocenters. The van der Waals surface area contributed by atoms with Crippen molar-refractivity contribution in [3.8, 4) is 5.75 Å². The van der Waals surface area contributed by atoms with Gasteiger partial charge < -0.3 is 9.64 Å². The van der Waals surface area contributed by atoms with E-state index in [-0.39, 0.29) is 0 Å². The number of methoxy groups -OCH3 is 1. The number of carbonyl (C=O) groups is 1. The van der Waals surface area contributed by atoms with E-state index in [2.05, 4.69) is 17.0 Å². The van der Waals surface area contributed by atoms with Crippen molar-refractivity contribution >= 4 is 5.91 Å². The van der Waals surface area contributed by atoms with Crippen molar-refractivity contribution in [3.63, 3.8) is 0 Å². The van der Waals surface area contributed by atoms with Crippen LogP contribution in [0.1, 0.15) is 43.6 Å². The third kappa shape index (κ3) is 2.97. The van der Waals surface area contributed by atoms with Gasteiger partial charge in [-0.2, -0.15) is 0 Å². The minimum absolute atomic E-state index is 0.338. The van der Waals surface area contributed by atoms with Crippen LogP contribution in [0.25, 0.3) is 0 Å². The molecule has 1 aromatic carbocycles. The molecule has 20 heavy (non-hydrogen) atoms. The average molecular weight is 273 g/mol. The van der Waals surface area contributed by atoms with Gasteiger partial charge in [0.1, 0.15) is 5.75 Å². The van der Waals surface area contributed by atoms with Crippen molar-refractivity contribution in [2.75, 3.05) is 20.2 Å². The normalized spacial score (nSPS) is 23.2. The lowest BCUT2D eigenvalue weighted by atomic mass is 9.94. The summed E-state index contributed by atoms with van der Waals surface area (Å²) in [7, 11) is 1.69. The van der Waals surface area contributed by atoms with Crippen molar-refractivity contribution < 1.29 is 9.53 Å². The number of amides is 1. The van der Waals surface area contributed by atoms with Crippen LogP contribution in [0.4, 0.5) is 0 Å². The lowest BCUT2D eigenvalue weighted by molar-refractivity contribution is -0.132. The molecule has 1 heterocycles. The third-order valence-corrected chi connectivity index (χ3v) is 4.50. The summed E-state index contributed by atoms with van der Waals surface area (Å²) >= 11 is 0. The Morgan fingerprint density at radius 1 is 1.15 bits per heavy atom. The molecule has 2 aliphatic rings. The van der Waals surface area contributed by atoms with Gasteiger partial charge in [-0.25, -0.2) is 0 Å². The Labute approximate surface area is 120 Å². The molecule has 0 spiro atoms. The number of nitrogens with zero attached hydrogens (tertiary/aromatic N) is 1. The molecule has 3 nitrogen and oxygen atoms in total. The van der Waals surface area contributed by atoms with Crippen molar-refractivity contribution in [1.82, 2.24) is 4.90 Å². The molecule has 1 saturated carbocycles. The maximum Gasteiger partial charge on any atom is 0.225 e. The lowest BCUT2D eigenvalue weighted by Gasteiger charge is -2.25. The Hall–Kier alpha value is -1.51. The topological polar surface area (TPSA) is 29.5 Å². The molecule has 1 aliphatic heterocycles. The zero-order valence-corrected chi connectivity index (χ0v) is 12.2. The molecule has 3 rings (SSSR count). The predicted octanol–water partition coefficient (Wildman–Crippen LogP) is 3.20. The molecule has 0 bridgehead atoms. The van der Waals surface area contributed by atoms with Gasteiger partial charge in [-0.05, 0) is 43.4 Å². The van der Waals surface area contributed by atoms with E-state index in [1.54, 1.807) is 7.11 Å². The highest BCUT2D eigenvalue weighted by atomic mass is 16.5. The number of hydrogen-bond donors (Lipinski definition) is 0. The number of carbonyl (C=O) groups excluding carboxylic acids is 1. The van der Waals surface area contributed by atoms with E-state index in [0.29, 0.717) is 17.7 Å². The second kappa shape index (κ2) is 5.86. The zero-order chi connectivity index (χ0) is 13.9. The minimum Gasteiger partial charge on any atom is -0.497 e. The Morgan fingerprint density at radius 2 is 1.90 bits per heavy atom. The van der Waals surface area contributed by atoms with Gasteiger partial charge in [-0.15, -0.1) is 0 Å². The monoisotopic (exact) mass is 273 g/mol. The largest absolute Gasteiger partial charge is 0.497 e. The van der Waals surface area contributed by atoms with Crippen LogP contribution in [0.5, 0.6) is 5.75 Å². The van der Waals surface area contributed by atoms with E-state index < -0.39 is 0 Å². The molecule has 3 heteroatoms. The molecule has 108 valence electrons. The molecule has 0 aromatic heterocycles.